The maximum atomic E-state index is 15.6. The molecule has 12 heteroatoms. The second-order valence-electron chi connectivity index (χ2n) is 10.4. The number of hydrogen-bond acceptors (Lipinski definition) is 9. The predicted molar refractivity (Wildman–Crippen MR) is 158 cm³/mol. The van der Waals surface area contributed by atoms with E-state index in [2.05, 4.69) is 54.4 Å². The lowest BCUT2D eigenvalue weighted by molar-refractivity contribution is -0.116. The highest BCUT2D eigenvalue weighted by atomic mass is 19.1. The molecule has 0 radical (unpaired) electrons. The standard InChI is InChI=1S/C30H30FN9O2/c1-4-27(41)32-14-19-15-40(12-11-17(19)2)26-10-8-23-29(36-26)30(34-16-33-23)35-22-7-9-25(18(3)28(22)31)42-20-5-6-21-24(13-20)38-39-37-21/h4-10,13,16-17,19H,1,11-12,14-15H2,2-3H3,(H,32,41)(H,33,34,35)(H,37,38,39)/t17-,19-/m1/s1. The van der Waals surface area contributed by atoms with Crippen LogP contribution in [0.4, 0.5) is 21.7 Å². The molecule has 0 saturated carbocycles. The van der Waals surface area contributed by atoms with Crippen LogP contribution in [0.15, 0.2) is 61.4 Å². The smallest absolute Gasteiger partial charge is 0.243 e. The van der Waals surface area contributed by atoms with Crippen molar-refractivity contribution in [2.24, 2.45) is 11.8 Å². The minimum atomic E-state index is -0.465. The molecule has 214 valence electrons. The van der Waals surface area contributed by atoms with Crippen molar-refractivity contribution in [3.63, 3.8) is 0 Å². The molecule has 42 heavy (non-hydrogen) atoms. The van der Waals surface area contributed by atoms with Gasteiger partial charge in [0.15, 0.2) is 11.6 Å². The van der Waals surface area contributed by atoms with Gasteiger partial charge in [0, 0.05) is 31.3 Å². The van der Waals surface area contributed by atoms with Crippen molar-refractivity contribution in [1.29, 1.82) is 0 Å². The number of rotatable bonds is 8. The van der Waals surface area contributed by atoms with Crippen LogP contribution in [0.2, 0.25) is 0 Å². The lowest BCUT2D eigenvalue weighted by Crippen LogP contribution is -2.44. The summed E-state index contributed by atoms with van der Waals surface area (Å²) in [5, 5.41) is 16.7. The van der Waals surface area contributed by atoms with Crippen molar-refractivity contribution in [1.82, 2.24) is 35.7 Å². The second-order valence-corrected chi connectivity index (χ2v) is 10.4. The van der Waals surface area contributed by atoms with Crippen LogP contribution in [-0.4, -0.2) is 55.9 Å². The Balaban J connectivity index is 1.23. The van der Waals surface area contributed by atoms with Crippen LogP contribution < -0.4 is 20.3 Å². The minimum Gasteiger partial charge on any atom is -0.457 e. The Kier molecular flexibility index (Phi) is 7.34. The third kappa shape index (κ3) is 5.42. The summed E-state index contributed by atoms with van der Waals surface area (Å²) in [6.45, 7) is 9.53. The van der Waals surface area contributed by atoms with Crippen LogP contribution in [0.3, 0.4) is 0 Å². The zero-order valence-electron chi connectivity index (χ0n) is 23.3. The van der Waals surface area contributed by atoms with Gasteiger partial charge < -0.3 is 20.3 Å². The molecule has 3 aromatic heterocycles. The number of carbonyl (C=O) groups is 1. The number of pyridine rings is 1. The Morgan fingerprint density at radius 3 is 2.86 bits per heavy atom. The summed E-state index contributed by atoms with van der Waals surface area (Å²) in [4.78, 5) is 27.5. The summed E-state index contributed by atoms with van der Waals surface area (Å²) < 4.78 is 21.5. The fraction of sp³-hybridized carbons (Fsp3) is 0.267. The number of nitrogens with zero attached hydrogens (tertiary/aromatic N) is 6. The molecule has 1 fully saturated rings. The Hall–Kier alpha value is -5.13. The molecular weight excluding hydrogens is 537 g/mol. The first-order chi connectivity index (χ1) is 20.4. The topological polar surface area (TPSA) is 134 Å². The van der Waals surface area contributed by atoms with E-state index in [1.165, 1.54) is 12.4 Å². The van der Waals surface area contributed by atoms with Crippen molar-refractivity contribution >= 4 is 45.3 Å². The van der Waals surface area contributed by atoms with E-state index in [9.17, 15) is 4.79 Å². The summed E-state index contributed by atoms with van der Waals surface area (Å²) in [5.74, 6) is 2.15. The molecule has 1 aliphatic heterocycles. The van der Waals surface area contributed by atoms with Crippen LogP contribution in [0, 0.1) is 24.6 Å². The molecule has 1 saturated heterocycles. The highest BCUT2D eigenvalue weighted by molar-refractivity contribution is 5.88. The molecule has 3 N–H and O–H groups in total. The van der Waals surface area contributed by atoms with Crippen molar-refractivity contribution < 1.29 is 13.9 Å². The van der Waals surface area contributed by atoms with Gasteiger partial charge >= 0.3 is 0 Å². The SMILES string of the molecule is C=CC(=O)NC[C@@H]1CN(c2ccc3ncnc(Nc4ccc(Oc5ccc6n[nH]nc6c5)c(C)c4F)c3n2)CC[C@H]1C. The van der Waals surface area contributed by atoms with E-state index in [0.717, 1.165) is 25.3 Å². The van der Waals surface area contributed by atoms with E-state index < -0.39 is 5.82 Å². The van der Waals surface area contributed by atoms with E-state index in [0.29, 0.717) is 57.4 Å². The molecule has 4 heterocycles. The Labute approximate surface area is 241 Å². The monoisotopic (exact) mass is 567 g/mol. The molecule has 2 atom stereocenters. The number of aromatic amines is 1. The number of ether oxygens (including phenoxy) is 1. The lowest BCUT2D eigenvalue weighted by atomic mass is 9.87. The second kappa shape index (κ2) is 11.4. The normalized spacial score (nSPS) is 16.9. The molecule has 0 spiro atoms. The number of aromatic nitrogens is 6. The molecule has 11 nitrogen and oxygen atoms in total. The van der Waals surface area contributed by atoms with Gasteiger partial charge in [0.05, 0.1) is 11.2 Å². The molecule has 5 aromatic rings. The summed E-state index contributed by atoms with van der Waals surface area (Å²) in [6.07, 6.45) is 3.68. The van der Waals surface area contributed by atoms with Crippen LogP contribution in [0.1, 0.15) is 18.9 Å². The lowest BCUT2D eigenvalue weighted by Gasteiger charge is -2.38. The third-order valence-electron chi connectivity index (χ3n) is 7.73. The first kappa shape index (κ1) is 27.1. The number of H-pyrrole nitrogens is 1. The van der Waals surface area contributed by atoms with Crippen molar-refractivity contribution in [3.05, 3.63) is 72.8 Å². The number of benzene rings is 2. The molecule has 0 bridgehead atoms. The highest BCUT2D eigenvalue weighted by Crippen LogP contribution is 2.34. The highest BCUT2D eigenvalue weighted by Gasteiger charge is 2.27. The number of amides is 1. The van der Waals surface area contributed by atoms with Gasteiger partial charge in [-0.15, -0.1) is 0 Å². The molecular formula is C30H30FN9O2. The third-order valence-corrected chi connectivity index (χ3v) is 7.73. The summed E-state index contributed by atoms with van der Waals surface area (Å²) in [5.41, 5.74) is 3.11. The summed E-state index contributed by atoms with van der Waals surface area (Å²) >= 11 is 0. The first-order valence-corrected chi connectivity index (χ1v) is 13.7. The fourth-order valence-corrected chi connectivity index (χ4v) is 5.14. The fourth-order valence-electron chi connectivity index (χ4n) is 5.14. The average Bonchev–Trinajstić information content (AvgIpc) is 3.48. The molecule has 1 amide bonds. The van der Waals surface area contributed by atoms with Crippen molar-refractivity contribution in [2.45, 2.75) is 20.3 Å². The number of nitrogens with one attached hydrogen (secondary N) is 3. The van der Waals surface area contributed by atoms with Crippen LogP contribution >= 0.6 is 0 Å². The summed E-state index contributed by atoms with van der Waals surface area (Å²) in [6, 6.07) is 12.4. The zero-order chi connectivity index (χ0) is 29.2. The van der Waals surface area contributed by atoms with E-state index in [1.54, 1.807) is 37.3 Å². The van der Waals surface area contributed by atoms with Gasteiger partial charge in [0.2, 0.25) is 5.91 Å². The van der Waals surface area contributed by atoms with Crippen LogP contribution in [0.25, 0.3) is 22.1 Å². The quantitative estimate of drug-likeness (QED) is 0.220. The van der Waals surface area contributed by atoms with Crippen molar-refractivity contribution in [2.75, 3.05) is 29.9 Å². The van der Waals surface area contributed by atoms with Crippen molar-refractivity contribution in [3.8, 4) is 11.5 Å². The van der Waals surface area contributed by atoms with Crippen LogP contribution in [-0.2, 0) is 4.79 Å². The largest absolute Gasteiger partial charge is 0.457 e. The van der Waals surface area contributed by atoms with Gasteiger partial charge in [0.25, 0.3) is 0 Å². The van der Waals surface area contributed by atoms with E-state index in [4.69, 9.17) is 9.72 Å². The van der Waals surface area contributed by atoms with Gasteiger partial charge in [-0.05, 0) is 67.7 Å². The van der Waals surface area contributed by atoms with Gasteiger partial charge in [-0.3, -0.25) is 4.79 Å². The number of halogens is 1. The Bertz CT molecular complexity index is 1790. The number of anilines is 3. The number of carbonyl (C=O) groups excluding carboxylic acids is 1. The molecule has 6 rings (SSSR count). The number of fused-ring (bicyclic) bond motifs is 2. The Morgan fingerprint density at radius 2 is 2.00 bits per heavy atom. The van der Waals surface area contributed by atoms with Gasteiger partial charge in [-0.25, -0.2) is 19.3 Å². The number of piperidine rings is 1. The van der Waals surface area contributed by atoms with Gasteiger partial charge in [0.1, 0.15) is 40.2 Å². The molecule has 2 aromatic carbocycles. The molecule has 0 unspecified atom stereocenters. The van der Waals surface area contributed by atoms with Gasteiger partial charge in [-0.2, -0.15) is 15.4 Å². The first-order valence-electron chi connectivity index (χ1n) is 13.7. The average molecular weight is 568 g/mol. The maximum absolute atomic E-state index is 15.6. The van der Waals surface area contributed by atoms with Gasteiger partial charge in [-0.1, -0.05) is 13.5 Å². The number of hydrogen-bond donors (Lipinski definition) is 3. The molecule has 1 aliphatic rings. The van der Waals surface area contributed by atoms with E-state index in [-0.39, 0.29) is 17.5 Å². The van der Waals surface area contributed by atoms with E-state index >= 15 is 4.39 Å². The summed E-state index contributed by atoms with van der Waals surface area (Å²) in [7, 11) is 0. The molecule has 0 aliphatic carbocycles. The predicted octanol–water partition coefficient (Wildman–Crippen LogP) is 5.04. The maximum Gasteiger partial charge on any atom is 0.243 e. The van der Waals surface area contributed by atoms with E-state index in [1.807, 2.05) is 12.1 Å². The Morgan fingerprint density at radius 1 is 1.17 bits per heavy atom. The minimum absolute atomic E-state index is 0.175. The zero-order valence-corrected chi connectivity index (χ0v) is 23.3. The van der Waals surface area contributed by atoms with Crippen LogP contribution in [0.5, 0.6) is 11.5 Å².